The van der Waals surface area contributed by atoms with Crippen LogP contribution in [0.15, 0.2) is 30.9 Å². The summed E-state index contributed by atoms with van der Waals surface area (Å²) in [7, 11) is 0. The molecule has 1 fully saturated rings. The molecule has 1 amide bonds. The highest BCUT2D eigenvalue weighted by atomic mass is 16.1. The number of benzene rings is 1. The number of hydrogen-bond donors (Lipinski definition) is 1. The van der Waals surface area contributed by atoms with Gasteiger partial charge in [0.1, 0.15) is 0 Å². The van der Waals surface area contributed by atoms with E-state index in [1.165, 1.54) is 25.8 Å². The van der Waals surface area contributed by atoms with E-state index in [0.717, 1.165) is 18.8 Å². The highest BCUT2D eigenvalue weighted by Gasteiger charge is 2.16. The number of amides is 1. The Kier molecular flexibility index (Phi) is 4.00. The Hall–Kier alpha value is -2.10. The third kappa shape index (κ3) is 3.02. The number of Topliss-reactive ketones (excluding diaryl/α,β-unsaturated/α-hetero) is 1. The Bertz CT molecular complexity index is 517. The lowest BCUT2D eigenvalue weighted by molar-refractivity contribution is -0.111. The molecule has 0 saturated carbocycles. The molecule has 1 aromatic carbocycles. The maximum atomic E-state index is 11.7. The lowest BCUT2D eigenvalue weighted by Crippen LogP contribution is -2.18. The summed E-state index contributed by atoms with van der Waals surface area (Å²) < 4.78 is 0. The van der Waals surface area contributed by atoms with Crippen LogP contribution in [0.1, 0.15) is 30.1 Å². The molecule has 0 radical (unpaired) electrons. The maximum absolute atomic E-state index is 11.7. The number of nitrogens with one attached hydrogen (secondary N) is 1. The predicted octanol–water partition coefficient (Wildman–Crippen LogP) is 2.61. The van der Waals surface area contributed by atoms with Gasteiger partial charge in [0.2, 0.25) is 5.91 Å². The fourth-order valence-electron chi connectivity index (χ4n) is 2.29. The van der Waals surface area contributed by atoms with Gasteiger partial charge in [0, 0.05) is 24.3 Å². The number of rotatable bonds is 4. The van der Waals surface area contributed by atoms with E-state index < -0.39 is 0 Å². The molecule has 0 unspecified atom stereocenters. The van der Waals surface area contributed by atoms with Crippen molar-refractivity contribution in [1.82, 2.24) is 0 Å². The van der Waals surface area contributed by atoms with Crippen molar-refractivity contribution in [2.45, 2.75) is 19.8 Å². The molecule has 1 aliphatic rings. The standard InChI is InChI=1S/C15H18N2O2/c1-3-15(19)16-14-7-6-12(10-13(14)11(2)18)17-8-4-5-9-17/h3,6-7,10H,1,4-5,8-9H2,2H3,(H,16,19). The predicted molar refractivity (Wildman–Crippen MR) is 76.7 cm³/mol. The molecule has 1 aromatic rings. The van der Waals surface area contributed by atoms with E-state index in [9.17, 15) is 9.59 Å². The molecule has 0 bridgehead atoms. The summed E-state index contributed by atoms with van der Waals surface area (Å²) in [4.78, 5) is 25.3. The van der Waals surface area contributed by atoms with Crippen molar-refractivity contribution >= 4 is 23.1 Å². The highest BCUT2D eigenvalue weighted by Crippen LogP contribution is 2.26. The van der Waals surface area contributed by atoms with E-state index >= 15 is 0 Å². The lowest BCUT2D eigenvalue weighted by atomic mass is 10.1. The fourth-order valence-corrected chi connectivity index (χ4v) is 2.29. The Morgan fingerprint density at radius 3 is 2.58 bits per heavy atom. The van der Waals surface area contributed by atoms with Gasteiger partial charge < -0.3 is 10.2 Å². The van der Waals surface area contributed by atoms with Crippen molar-refractivity contribution in [3.63, 3.8) is 0 Å². The molecule has 0 atom stereocenters. The molecular weight excluding hydrogens is 240 g/mol. The van der Waals surface area contributed by atoms with Crippen LogP contribution in [-0.4, -0.2) is 24.8 Å². The summed E-state index contributed by atoms with van der Waals surface area (Å²) in [5.74, 6) is -0.364. The van der Waals surface area contributed by atoms with Gasteiger partial charge in [-0.25, -0.2) is 0 Å². The fraction of sp³-hybridized carbons (Fsp3) is 0.333. The zero-order chi connectivity index (χ0) is 13.8. The summed E-state index contributed by atoms with van der Waals surface area (Å²) in [6.07, 6.45) is 3.56. The van der Waals surface area contributed by atoms with Crippen molar-refractivity contribution in [1.29, 1.82) is 0 Å². The van der Waals surface area contributed by atoms with Crippen LogP contribution < -0.4 is 10.2 Å². The van der Waals surface area contributed by atoms with Gasteiger partial charge in [-0.15, -0.1) is 0 Å². The largest absolute Gasteiger partial charge is 0.372 e. The van der Waals surface area contributed by atoms with Gasteiger partial charge in [0.15, 0.2) is 5.78 Å². The Labute approximate surface area is 113 Å². The summed E-state index contributed by atoms with van der Waals surface area (Å²) >= 11 is 0. The van der Waals surface area contributed by atoms with Crippen molar-refractivity contribution in [3.8, 4) is 0 Å². The average Bonchev–Trinajstić information content (AvgIpc) is 2.92. The summed E-state index contributed by atoms with van der Waals surface area (Å²) in [6, 6.07) is 5.58. The van der Waals surface area contributed by atoms with Crippen LogP contribution in [0, 0.1) is 0 Å². The molecule has 1 N–H and O–H groups in total. The summed E-state index contributed by atoms with van der Waals surface area (Å²) in [6.45, 7) is 6.96. The minimum Gasteiger partial charge on any atom is -0.372 e. The van der Waals surface area contributed by atoms with Gasteiger partial charge in [-0.05, 0) is 44.0 Å². The van der Waals surface area contributed by atoms with Crippen LogP contribution in [0.4, 0.5) is 11.4 Å². The van der Waals surface area contributed by atoms with Gasteiger partial charge in [-0.3, -0.25) is 9.59 Å². The SMILES string of the molecule is C=CC(=O)Nc1ccc(N2CCCC2)cc1C(C)=O. The molecule has 19 heavy (non-hydrogen) atoms. The first-order valence-corrected chi connectivity index (χ1v) is 6.45. The zero-order valence-corrected chi connectivity index (χ0v) is 11.1. The summed E-state index contributed by atoms with van der Waals surface area (Å²) in [5.41, 5.74) is 2.12. The third-order valence-corrected chi connectivity index (χ3v) is 3.30. The minimum atomic E-state index is -0.309. The van der Waals surface area contributed by atoms with Gasteiger partial charge in [-0.2, -0.15) is 0 Å². The molecule has 2 rings (SSSR count). The smallest absolute Gasteiger partial charge is 0.247 e. The van der Waals surface area contributed by atoms with E-state index in [2.05, 4.69) is 16.8 Å². The molecule has 4 heteroatoms. The number of carbonyl (C=O) groups excluding carboxylic acids is 2. The number of carbonyl (C=O) groups is 2. The zero-order valence-electron chi connectivity index (χ0n) is 11.1. The van der Waals surface area contributed by atoms with Gasteiger partial charge in [0.05, 0.1) is 5.69 Å². The number of ketones is 1. The highest BCUT2D eigenvalue weighted by molar-refractivity contribution is 6.06. The van der Waals surface area contributed by atoms with Crippen LogP contribution >= 0.6 is 0 Å². The molecule has 0 aliphatic carbocycles. The number of hydrogen-bond acceptors (Lipinski definition) is 3. The minimum absolute atomic E-state index is 0.0552. The van der Waals surface area contributed by atoms with E-state index in [4.69, 9.17) is 0 Å². The van der Waals surface area contributed by atoms with Gasteiger partial charge in [-0.1, -0.05) is 6.58 Å². The summed E-state index contributed by atoms with van der Waals surface area (Å²) in [5, 5.41) is 2.66. The van der Waals surface area contributed by atoms with Crippen LogP contribution in [-0.2, 0) is 4.79 Å². The Balaban J connectivity index is 2.31. The molecule has 0 spiro atoms. The lowest BCUT2D eigenvalue weighted by Gasteiger charge is -2.19. The molecule has 100 valence electrons. The van der Waals surface area contributed by atoms with E-state index in [1.54, 1.807) is 6.07 Å². The van der Waals surface area contributed by atoms with Crippen LogP contribution in [0.25, 0.3) is 0 Å². The first-order chi connectivity index (χ1) is 9.11. The number of nitrogens with zero attached hydrogens (tertiary/aromatic N) is 1. The molecule has 4 nitrogen and oxygen atoms in total. The quantitative estimate of drug-likeness (QED) is 0.667. The molecule has 1 saturated heterocycles. The Morgan fingerprint density at radius 1 is 1.32 bits per heavy atom. The van der Waals surface area contributed by atoms with Crippen LogP contribution in [0.2, 0.25) is 0 Å². The topological polar surface area (TPSA) is 49.4 Å². The Morgan fingerprint density at radius 2 is 2.00 bits per heavy atom. The molecular formula is C15H18N2O2. The monoisotopic (exact) mass is 258 g/mol. The normalized spacial score (nSPS) is 14.3. The number of anilines is 2. The second kappa shape index (κ2) is 5.69. The van der Waals surface area contributed by atoms with Gasteiger partial charge >= 0.3 is 0 Å². The average molecular weight is 258 g/mol. The molecule has 0 aromatic heterocycles. The van der Waals surface area contributed by atoms with Crippen molar-refractivity contribution in [2.24, 2.45) is 0 Å². The molecule has 1 aliphatic heterocycles. The van der Waals surface area contributed by atoms with E-state index in [1.807, 2.05) is 12.1 Å². The van der Waals surface area contributed by atoms with Gasteiger partial charge in [0.25, 0.3) is 0 Å². The maximum Gasteiger partial charge on any atom is 0.247 e. The third-order valence-electron chi connectivity index (χ3n) is 3.30. The first kappa shape index (κ1) is 13.3. The molecule has 1 heterocycles. The first-order valence-electron chi connectivity index (χ1n) is 6.45. The van der Waals surface area contributed by atoms with Crippen molar-refractivity contribution < 1.29 is 9.59 Å². The van der Waals surface area contributed by atoms with Crippen LogP contribution in [0.3, 0.4) is 0 Å². The van der Waals surface area contributed by atoms with Crippen LogP contribution in [0.5, 0.6) is 0 Å². The van der Waals surface area contributed by atoms with Crippen molar-refractivity contribution in [2.75, 3.05) is 23.3 Å². The van der Waals surface area contributed by atoms with Crippen molar-refractivity contribution in [3.05, 3.63) is 36.4 Å². The second-order valence-corrected chi connectivity index (χ2v) is 4.67. The second-order valence-electron chi connectivity index (χ2n) is 4.67. The van der Waals surface area contributed by atoms with E-state index in [0.29, 0.717) is 11.3 Å². The van der Waals surface area contributed by atoms with E-state index in [-0.39, 0.29) is 11.7 Å².